The zero-order valence-electron chi connectivity index (χ0n) is 17.7. The maximum atomic E-state index is 13.4. The number of amides is 1. The number of ketones is 1. The van der Waals surface area contributed by atoms with Crippen molar-refractivity contribution in [3.05, 3.63) is 62.1 Å². The van der Waals surface area contributed by atoms with Crippen molar-refractivity contribution in [1.82, 2.24) is 0 Å². The SMILES string of the molecule is CCCCN1C(=O)[C@@](O)(CC(=O)c2c(C)c(C)cc(C)c2C)c2cc(Br)ccc21. The topological polar surface area (TPSA) is 57.6 Å². The molecule has 0 bridgehead atoms. The molecule has 5 heteroatoms. The lowest BCUT2D eigenvalue weighted by Crippen LogP contribution is -2.42. The zero-order chi connectivity index (χ0) is 21.5. The summed E-state index contributed by atoms with van der Waals surface area (Å²) >= 11 is 3.44. The van der Waals surface area contributed by atoms with Gasteiger partial charge in [-0.2, -0.15) is 0 Å². The Morgan fingerprint density at radius 2 is 1.72 bits per heavy atom. The molecule has 0 saturated carbocycles. The second kappa shape index (κ2) is 8.04. The van der Waals surface area contributed by atoms with E-state index < -0.39 is 11.5 Å². The van der Waals surface area contributed by atoms with Gasteiger partial charge in [0.15, 0.2) is 11.4 Å². The molecule has 0 aromatic heterocycles. The fourth-order valence-corrected chi connectivity index (χ4v) is 4.55. The molecule has 0 spiro atoms. The number of hydrogen-bond donors (Lipinski definition) is 1. The van der Waals surface area contributed by atoms with Crippen molar-refractivity contribution >= 4 is 33.3 Å². The van der Waals surface area contributed by atoms with Crippen LogP contribution < -0.4 is 4.90 Å². The van der Waals surface area contributed by atoms with Gasteiger partial charge in [-0.15, -0.1) is 0 Å². The Hall–Kier alpha value is -1.98. The van der Waals surface area contributed by atoms with E-state index in [-0.39, 0.29) is 12.2 Å². The van der Waals surface area contributed by atoms with Gasteiger partial charge in [0.1, 0.15) is 0 Å². The highest BCUT2D eigenvalue weighted by Gasteiger charge is 2.51. The molecule has 1 amide bonds. The number of hydrogen-bond acceptors (Lipinski definition) is 3. The minimum Gasteiger partial charge on any atom is -0.375 e. The number of aryl methyl sites for hydroxylation is 2. The van der Waals surface area contributed by atoms with Crippen LogP contribution in [0.2, 0.25) is 0 Å². The van der Waals surface area contributed by atoms with Gasteiger partial charge in [0.2, 0.25) is 0 Å². The van der Waals surface area contributed by atoms with Crippen LogP contribution in [0.25, 0.3) is 0 Å². The van der Waals surface area contributed by atoms with Crippen LogP contribution in [0.15, 0.2) is 28.7 Å². The molecule has 1 N–H and O–H groups in total. The average molecular weight is 458 g/mol. The molecule has 3 rings (SSSR count). The van der Waals surface area contributed by atoms with Crippen molar-refractivity contribution in [3.63, 3.8) is 0 Å². The van der Waals surface area contributed by atoms with Crippen molar-refractivity contribution in [2.75, 3.05) is 11.4 Å². The van der Waals surface area contributed by atoms with E-state index in [4.69, 9.17) is 0 Å². The Morgan fingerprint density at radius 3 is 2.31 bits per heavy atom. The summed E-state index contributed by atoms with van der Waals surface area (Å²) in [5, 5.41) is 11.5. The van der Waals surface area contributed by atoms with Gasteiger partial charge in [-0.1, -0.05) is 35.3 Å². The number of carbonyl (C=O) groups is 2. The van der Waals surface area contributed by atoms with Gasteiger partial charge in [0.25, 0.3) is 5.91 Å². The van der Waals surface area contributed by atoms with E-state index in [1.165, 1.54) is 0 Å². The Morgan fingerprint density at radius 1 is 1.10 bits per heavy atom. The van der Waals surface area contributed by atoms with Crippen molar-refractivity contribution in [2.24, 2.45) is 0 Å². The van der Waals surface area contributed by atoms with E-state index in [1.807, 2.05) is 39.8 Å². The second-order valence-corrected chi connectivity index (χ2v) is 8.98. The molecule has 0 saturated heterocycles. The highest BCUT2D eigenvalue weighted by molar-refractivity contribution is 9.10. The van der Waals surface area contributed by atoms with Gasteiger partial charge < -0.3 is 10.0 Å². The van der Waals surface area contributed by atoms with Gasteiger partial charge in [0.05, 0.1) is 12.1 Å². The van der Waals surface area contributed by atoms with E-state index in [2.05, 4.69) is 28.9 Å². The first kappa shape index (κ1) is 21.7. The number of rotatable bonds is 6. The van der Waals surface area contributed by atoms with Crippen LogP contribution in [0.5, 0.6) is 0 Å². The van der Waals surface area contributed by atoms with Crippen LogP contribution in [0.4, 0.5) is 5.69 Å². The minimum absolute atomic E-state index is 0.203. The van der Waals surface area contributed by atoms with Gasteiger partial charge in [-0.3, -0.25) is 9.59 Å². The van der Waals surface area contributed by atoms with Crippen molar-refractivity contribution in [2.45, 2.75) is 59.5 Å². The third-order valence-corrected chi connectivity index (χ3v) is 6.58. The molecular formula is C24H28BrNO3. The third kappa shape index (κ3) is 3.66. The standard InChI is InChI=1S/C24H28BrNO3/c1-6-7-10-26-20-9-8-18(25)12-19(20)24(29,23(26)28)13-21(27)22-16(4)14(2)11-15(3)17(22)5/h8-9,11-12,29H,6-7,10,13H2,1-5H3/t24-/m1/s1. The van der Waals surface area contributed by atoms with Crippen molar-refractivity contribution < 1.29 is 14.7 Å². The average Bonchev–Trinajstić information content (AvgIpc) is 2.86. The third-order valence-electron chi connectivity index (χ3n) is 6.09. The first-order valence-electron chi connectivity index (χ1n) is 10.1. The van der Waals surface area contributed by atoms with Crippen LogP contribution in [-0.4, -0.2) is 23.3 Å². The van der Waals surface area contributed by atoms with E-state index in [1.54, 1.807) is 11.0 Å². The molecule has 0 unspecified atom stereocenters. The monoisotopic (exact) mass is 457 g/mol. The van der Waals surface area contributed by atoms with E-state index in [0.29, 0.717) is 23.4 Å². The molecule has 1 aliphatic heterocycles. The summed E-state index contributed by atoms with van der Waals surface area (Å²) < 4.78 is 0.769. The summed E-state index contributed by atoms with van der Waals surface area (Å²) in [6, 6.07) is 7.52. The fourth-order valence-electron chi connectivity index (χ4n) is 4.19. The van der Waals surface area contributed by atoms with Crippen LogP contribution in [0.1, 0.15) is 64.4 Å². The van der Waals surface area contributed by atoms with Crippen LogP contribution >= 0.6 is 15.9 Å². The molecule has 1 aliphatic rings. The number of carbonyl (C=O) groups excluding carboxylic acids is 2. The van der Waals surface area contributed by atoms with Gasteiger partial charge in [0, 0.05) is 22.1 Å². The summed E-state index contributed by atoms with van der Waals surface area (Å²) in [5.74, 6) is -0.613. The number of aliphatic hydroxyl groups is 1. The van der Waals surface area contributed by atoms with Crippen LogP contribution in [-0.2, 0) is 10.4 Å². The number of halogens is 1. The molecule has 0 radical (unpaired) electrons. The normalized spacial score (nSPS) is 18.3. The van der Waals surface area contributed by atoms with Crippen LogP contribution in [0, 0.1) is 27.7 Å². The maximum Gasteiger partial charge on any atom is 0.264 e. The number of Topliss-reactive ketones (excluding diaryl/α,β-unsaturated/α-hetero) is 1. The molecule has 2 aromatic carbocycles. The minimum atomic E-state index is -1.85. The molecule has 0 aliphatic carbocycles. The Bertz CT molecular complexity index is 972. The Balaban J connectivity index is 2.06. The lowest BCUT2D eigenvalue weighted by Gasteiger charge is -2.24. The summed E-state index contributed by atoms with van der Waals surface area (Å²) in [4.78, 5) is 28.3. The van der Waals surface area contributed by atoms with Crippen molar-refractivity contribution in [3.8, 4) is 0 Å². The van der Waals surface area contributed by atoms with Gasteiger partial charge in [-0.05, 0) is 74.6 Å². The number of benzene rings is 2. The number of fused-ring (bicyclic) bond motifs is 1. The Kier molecular flexibility index (Phi) is 6.02. The molecule has 2 aromatic rings. The summed E-state index contributed by atoms with van der Waals surface area (Å²) in [7, 11) is 0. The van der Waals surface area contributed by atoms with Crippen LogP contribution in [0.3, 0.4) is 0 Å². The summed E-state index contributed by atoms with van der Waals surface area (Å²) in [6.45, 7) is 10.4. The van der Waals surface area contributed by atoms with Gasteiger partial charge in [-0.25, -0.2) is 0 Å². The Labute approximate surface area is 181 Å². The molecule has 29 heavy (non-hydrogen) atoms. The molecule has 1 atom stereocenters. The largest absolute Gasteiger partial charge is 0.375 e. The number of anilines is 1. The maximum absolute atomic E-state index is 13.4. The number of nitrogens with zero attached hydrogens (tertiary/aromatic N) is 1. The smallest absolute Gasteiger partial charge is 0.264 e. The molecule has 4 nitrogen and oxygen atoms in total. The lowest BCUT2D eigenvalue weighted by molar-refractivity contribution is -0.135. The zero-order valence-corrected chi connectivity index (χ0v) is 19.3. The highest BCUT2D eigenvalue weighted by Crippen LogP contribution is 2.44. The van der Waals surface area contributed by atoms with E-state index in [9.17, 15) is 14.7 Å². The summed E-state index contributed by atoms with van der Waals surface area (Å²) in [5.41, 5.74) is 3.85. The molecular weight excluding hydrogens is 430 g/mol. The fraction of sp³-hybridized carbons (Fsp3) is 0.417. The first-order valence-corrected chi connectivity index (χ1v) is 10.9. The second-order valence-electron chi connectivity index (χ2n) is 8.07. The predicted molar refractivity (Wildman–Crippen MR) is 120 cm³/mol. The molecule has 1 heterocycles. The molecule has 0 fully saturated rings. The lowest BCUT2D eigenvalue weighted by atomic mass is 9.84. The highest BCUT2D eigenvalue weighted by atomic mass is 79.9. The first-order chi connectivity index (χ1) is 13.6. The van der Waals surface area contributed by atoms with E-state index in [0.717, 1.165) is 39.6 Å². The number of unbranched alkanes of at least 4 members (excludes halogenated alkanes) is 1. The van der Waals surface area contributed by atoms with E-state index >= 15 is 0 Å². The quantitative estimate of drug-likeness (QED) is 0.599. The summed E-state index contributed by atoms with van der Waals surface area (Å²) in [6.07, 6.45) is 1.51. The molecule has 154 valence electrons. The predicted octanol–water partition coefficient (Wildman–Crippen LogP) is 5.29. The van der Waals surface area contributed by atoms with Crippen molar-refractivity contribution in [1.29, 1.82) is 0 Å². The van der Waals surface area contributed by atoms with Gasteiger partial charge >= 0.3 is 0 Å².